The number of nitrogens with zero attached hydrogens (tertiary/aromatic N) is 1. The van der Waals surface area contributed by atoms with Crippen LogP contribution in [0.15, 0.2) is 28.7 Å². The van der Waals surface area contributed by atoms with Crippen molar-refractivity contribution in [2.24, 2.45) is 5.73 Å². The van der Waals surface area contributed by atoms with Crippen LogP contribution in [0.3, 0.4) is 0 Å². The zero-order valence-electron chi connectivity index (χ0n) is 11.1. The van der Waals surface area contributed by atoms with Gasteiger partial charge in [0.15, 0.2) is 0 Å². The highest BCUT2D eigenvalue weighted by Gasteiger charge is 2.48. The van der Waals surface area contributed by atoms with Gasteiger partial charge in [-0.2, -0.15) is 0 Å². The number of imide groups is 1. The van der Waals surface area contributed by atoms with Gasteiger partial charge in [-0.15, -0.1) is 0 Å². The molecule has 1 aromatic carbocycles. The molecule has 20 heavy (non-hydrogen) atoms. The summed E-state index contributed by atoms with van der Waals surface area (Å²) in [7, 11) is 0. The molecule has 106 valence electrons. The van der Waals surface area contributed by atoms with Crippen LogP contribution in [0.2, 0.25) is 0 Å². The first-order valence-corrected chi connectivity index (χ1v) is 7.03. The molecule has 1 aliphatic rings. The van der Waals surface area contributed by atoms with E-state index in [0.717, 1.165) is 14.9 Å². The number of carbonyl (C=O) groups excluding carboxylic acids is 3. The van der Waals surface area contributed by atoms with E-state index in [4.69, 9.17) is 5.73 Å². The Morgan fingerprint density at radius 1 is 1.35 bits per heavy atom. The second kappa shape index (κ2) is 5.36. The minimum Gasteiger partial charge on any atom is -0.370 e. The van der Waals surface area contributed by atoms with E-state index in [2.05, 4.69) is 15.9 Å². The van der Waals surface area contributed by atoms with Crippen LogP contribution in [0.25, 0.3) is 0 Å². The maximum Gasteiger partial charge on any atom is 0.240 e. The Labute approximate surface area is 125 Å². The molecule has 0 aliphatic carbocycles. The minimum absolute atomic E-state index is 0.00605. The van der Waals surface area contributed by atoms with E-state index in [0.29, 0.717) is 0 Å². The smallest absolute Gasteiger partial charge is 0.240 e. The number of likely N-dealkylation sites (tertiary alicyclic amines) is 1. The lowest BCUT2D eigenvalue weighted by atomic mass is 9.81. The Kier molecular flexibility index (Phi) is 3.94. The van der Waals surface area contributed by atoms with Crippen LogP contribution in [-0.2, 0) is 19.8 Å². The molecule has 0 saturated carbocycles. The van der Waals surface area contributed by atoms with Gasteiger partial charge in [-0.25, -0.2) is 0 Å². The molecule has 0 bridgehead atoms. The Balaban J connectivity index is 2.25. The number of halogens is 1. The third-order valence-electron chi connectivity index (χ3n) is 3.59. The summed E-state index contributed by atoms with van der Waals surface area (Å²) < 4.78 is 0.909. The predicted molar refractivity (Wildman–Crippen MR) is 76.6 cm³/mol. The fourth-order valence-electron chi connectivity index (χ4n) is 2.38. The van der Waals surface area contributed by atoms with Gasteiger partial charge in [-0.3, -0.25) is 19.3 Å². The van der Waals surface area contributed by atoms with Crippen LogP contribution in [-0.4, -0.2) is 29.2 Å². The number of amides is 3. The zero-order valence-corrected chi connectivity index (χ0v) is 12.6. The van der Waals surface area contributed by atoms with E-state index in [9.17, 15) is 14.4 Å². The molecule has 5 nitrogen and oxygen atoms in total. The Morgan fingerprint density at radius 3 is 2.50 bits per heavy atom. The molecular weight excluding hydrogens is 324 g/mol. The number of hydrogen-bond donors (Lipinski definition) is 1. The minimum atomic E-state index is -0.866. The van der Waals surface area contributed by atoms with E-state index in [1.165, 1.54) is 0 Å². The SMILES string of the molecule is CC1(c2ccc(Br)cc2)CC(=O)N(CCC(N)=O)C1=O. The summed E-state index contributed by atoms with van der Waals surface area (Å²) in [6.45, 7) is 1.81. The van der Waals surface area contributed by atoms with Gasteiger partial charge in [0.2, 0.25) is 17.7 Å². The van der Waals surface area contributed by atoms with Crippen LogP contribution < -0.4 is 5.73 Å². The van der Waals surface area contributed by atoms with E-state index in [1.54, 1.807) is 6.92 Å². The lowest BCUT2D eigenvalue weighted by molar-refractivity contribution is -0.140. The highest BCUT2D eigenvalue weighted by atomic mass is 79.9. The van der Waals surface area contributed by atoms with Gasteiger partial charge >= 0.3 is 0 Å². The van der Waals surface area contributed by atoms with Crippen LogP contribution in [0, 0.1) is 0 Å². The molecule has 1 unspecified atom stereocenters. The lowest BCUT2D eigenvalue weighted by Gasteiger charge is -2.22. The summed E-state index contributed by atoms with van der Waals surface area (Å²) in [4.78, 5) is 36.4. The summed E-state index contributed by atoms with van der Waals surface area (Å²) in [5.74, 6) is -1.06. The van der Waals surface area contributed by atoms with Crippen molar-refractivity contribution >= 4 is 33.7 Å². The normalized spacial score (nSPS) is 22.4. The van der Waals surface area contributed by atoms with Crippen molar-refractivity contribution < 1.29 is 14.4 Å². The lowest BCUT2D eigenvalue weighted by Crippen LogP contribution is -2.38. The number of benzene rings is 1. The van der Waals surface area contributed by atoms with Gasteiger partial charge in [-0.05, 0) is 24.6 Å². The third-order valence-corrected chi connectivity index (χ3v) is 4.11. The number of primary amides is 1. The Hall–Kier alpha value is -1.69. The molecule has 6 heteroatoms. The molecule has 1 aliphatic heterocycles. The number of carbonyl (C=O) groups is 3. The van der Waals surface area contributed by atoms with E-state index >= 15 is 0 Å². The fraction of sp³-hybridized carbons (Fsp3) is 0.357. The molecular formula is C14H15BrN2O3. The molecule has 1 heterocycles. The second-order valence-corrected chi connectivity index (χ2v) is 6.00. The topological polar surface area (TPSA) is 80.5 Å². The average molecular weight is 339 g/mol. The number of rotatable bonds is 4. The first kappa shape index (κ1) is 14.7. The van der Waals surface area contributed by atoms with Crippen LogP contribution in [0.1, 0.15) is 25.3 Å². The summed E-state index contributed by atoms with van der Waals surface area (Å²) >= 11 is 3.34. The van der Waals surface area contributed by atoms with Crippen molar-refractivity contribution in [1.82, 2.24) is 4.90 Å². The molecule has 1 aromatic rings. The van der Waals surface area contributed by atoms with Gasteiger partial charge in [0.1, 0.15) is 0 Å². The molecule has 0 radical (unpaired) electrons. The fourth-order valence-corrected chi connectivity index (χ4v) is 2.64. The molecule has 2 rings (SSSR count). The molecule has 0 aromatic heterocycles. The Morgan fingerprint density at radius 2 is 1.95 bits per heavy atom. The van der Waals surface area contributed by atoms with Crippen molar-refractivity contribution in [3.05, 3.63) is 34.3 Å². The quantitative estimate of drug-likeness (QED) is 0.841. The highest BCUT2D eigenvalue weighted by molar-refractivity contribution is 9.10. The first-order valence-electron chi connectivity index (χ1n) is 6.24. The molecule has 2 N–H and O–H groups in total. The summed E-state index contributed by atoms with van der Waals surface area (Å²) in [6.07, 6.45) is 0.111. The molecule has 1 fully saturated rings. The monoisotopic (exact) mass is 338 g/mol. The summed E-state index contributed by atoms with van der Waals surface area (Å²) in [5.41, 5.74) is 4.99. The molecule has 3 amide bonds. The number of hydrogen-bond acceptors (Lipinski definition) is 3. The van der Waals surface area contributed by atoms with Gasteiger partial charge < -0.3 is 5.73 Å². The summed E-state index contributed by atoms with van der Waals surface area (Å²) in [6, 6.07) is 7.33. The standard InChI is InChI=1S/C14H15BrN2O3/c1-14(9-2-4-10(15)5-3-9)8-12(19)17(13(14)20)7-6-11(16)18/h2-5H,6-8H2,1H3,(H2,16,18). The van der Waals surface area contributed by atoms with Gasteiger partial charge in [0, 0.05) is 23.9 Å². The van der Waals surface area contributed by atoms with Gasteiger partial charge in [0.25, 0.3) is 0 Å². The molecule has 1 saturated heterocycles. The van der Waals surface area contributed by atoms with Crippen molar-refractivity contribution in [1.29, 1.82) is 0 Å². The van der Waals surface area contributed by atoms with Gasteiger partial charge in [-0.1, -0.05) is 28.1 Å². The maximum absolute atomic E-state index is 12.5. The predicted octanol–water partition coefficient (Wildman–Crippen LogP) is 1.34. The Bertz CT molecular complexity index is 570. The average Bonchev–Trinajstić information content (AvgIpc) is 2.59. The van der Waals surface area contributed by atoms with Crippen molar-refractivity contribution in [3.63, 3.8) is 0 Å². The van der Waals surface area contributed by atoms with Crippen molar-refractivity contribution in [2.75, 3.05) is 6.54 Å². The van der Waals surface area contributed by atoms with Crippen molar-refractivity contribution in [3.8, 4) is 0 Å². The summed E-state index contributed by atoms with van der Waals surface area (Å²) in [5, 5.41) is 0. The highest BCUT2D eigenvalue weighted by Crippen LogP contribution is 2.36. The largest absolute Gasteiger partial charge is 0.370 e. The maximum atomic E-state index is 12.5. The molecule has 0 spiro atoms. The first-order chi connectivity index (χ1) is 9.34. The van der Waals surface area contributed by atoms with E-state index < -0.39 is 11.3 Å². The van der Waals surface area contributed by atoms with Crippen LogP contribution in [0.4, 0.5) is 0 Å². The van der Waals surface area contributed by atoms with E-state index in [1.807, 2.05) is 24.3 Å². The second-order valence-electron chi connectivity index (χ2n) is 5.08. The van der Waals surface area contributed by atoms with Crippen molar-refractivity contribution in [2.45, 2.75) is 25.2 Å². The molecule has 1 atom stereocenters. The van der Waals surface area contributed by atoms with E-state index in [-0.39, 0.29) is 31.2 Å². The number of nitrogens with two attached hydrogens (primary N) is 1. The third kappa shape index (κ3) is 2.60. The van der Waals surface area contributed by atoms with Crippen LogP contribution in [0.5, 0.6) is 0 Å². The van der Waals surface area contributed by atoms with Crippen LogP contribution >= 0.6 is 15.9 Å². The van der Waals surface area contributed by atoms with Gasteiger partial charge in [0.05, 0.1) is 5.41 Å². The zero-order chi connectivity index (χ0) is 14.9.